The highest BCUT2D eigenvalue weighted by Crippen LogP contribution is 2.48. The molecule has 2 fully saturated rings. The van der Waals surface area contributed by atoms with Crippen molar-refractivity contribution in [2.45, 2.75) is 45.4 Å². The van der Waals surface area contributed by atoms with E-state index in [1.807, 2.05) is 0 Å². The Morgan fingerprint density at radius 2 is 1.57 bits per heavy atom. The van der Waals surface area contributed by atoms with Crippen molar-refractivity contribution in [2.75, 3.05) is 6.61 Å². The molecule has 3 rings (SSSR count). The number of hydrogen-bond donors (Lipinski definition) is 0. The van der Waals surface area contributed by atoms with Gasteiger partial charge in [-0.3, -0.25) is 0 Å². The van der Waals surface area contributed by atoms with Crippen molar-refractivity contribution in [1.29, 1.82) is 0 Å². The van der Waals surface area contributed by atoms with Crippen LogP contribution < -0.4 is 4.74 Å². The smallest absolute Gasteiger partial charge is 0.134 e. The molecule has 0 spiro atoms. The fourth-order valence-corrected chi connectivity index (χ4v) is 2.82. The van der Waals surface area contributed by atoms with Crippen molar-refractivity contribution < 1.29 is 4.74 Å². The van der Waals surface area contributed by atoms with Crippen molar-refractivity contribution in [3.63, 3.8) is 0 Å². The van der Waals surface area contributed by atoms with Gasteiger partial charge in [0.15, 0.2) is 0 Å². The molecule has 0 unspecified atom stereocenters. The Balaban J connectivity index is 1.91. The maximum absolute atomic E-state index is 6.19. The quantitative estimate of drug-likeness (QED) is 0.555. The van der Waals surface area contributed by atoms with Gasteiger partial charge in [0.2, 0.25) is 0 Å². The first-order chi connectivity index (χ1) is 10.2. The first kappa shape index (κ1) is 14.4. The molecule has 1 aromatic carbocycles. The van der Waals surface area contributed by atoms with Crippen LogP contribution in [-0.4, -0.2) is 6.61 Å². The molecule has 0 aromatic heterocycles. The maximum atomic E-state index is 6.19. The zero-order valence-corrected chi connectivity index (χ0v) is 13.2. The Labute approximate surface area is 128 Å². The van der Waals surface area contributed by atoms with Crippen LogP contribution in [0.25, 0.3) is 11.1 Å². The highest BCUT2D eigenvalue weighted by Gasteiger charge is 2.31. The predicted octanol–water partition coefficient (Wildman–Crippen LogP) is 5.71. The van der Waals surface area contributed by atoms with E-state index >= 15 is 0 Å². The van der Waals surface area contributed by atoms with Crippen molar-refractivity contribution in [1.82, 2.24) is 0 Å². The van der Waals surface area contributed by atoms with E-state index < -0.39 is 0 Å². The summed E-state index contributed by atoms with van der Waals surface area (Å²) >= 11 is 0. The van der Waals surface area contributed by atoms with Crippen molar-refractivity contribution in [3.8, 4) is 5.75 Å². The third kappa shape index (κ3) is 3.23. The third-order valence-electron chi connectivity index (χ3n) is 4.59. The van der Waals surface area contributed by atoms with Gasteiger partial charge in [-0.25, -0.2) is 0 Å². The van der Waals surface area contributed by atoms with Gasteiger partial charge in [-0.2, -0.15) is 0 Å². The molecule has 0 atom stereocenters. The molecular weight excluding hydrogens is 256 g/mol. The summed E-state index contributed by atoms with van der Waals surface area (Å²) in [6.07, 6.45) is 7.37. The molecule has 0 saturated heterocycles. The monoisotopic (exact) mass is 282 g/mol. The van der Waals surface area contributed by atoms with E-state index in [0.717, 1.165) is 25.2 Å². The van der Waals surface area contributed by atoms with Crippen LogP contribution >= 0.6 is 0 Å². The first-order valence-electron chi connectivity index (χ1n) is 8.36. The van der Waals surface area contributed by atoms with Gasteiger partial charge in [-0.1, -0.05) is 44.7 Å². The summed E-state index contributed by atoms with van der Waals surface area (Å²) < 4.78 is 6.19. The molecule has 2 saturated carbocycles. The van der Waals surface area contributed by atoms with Crippen LogP contribution in [0.5, 0.6) is 5.75 Å². The minimum atomic E-state index is 0.669. The molecule has 1 heteroatoms. The van der Waals surface area contributed by atoms with E-state index in [9.17, 15) is 0 Å². The molecule has 0 N–H and O–H groups in total. The normalized spacial score (nSPS) is 17.6. The molecule has 0 bridgehead atoms. The number of benzene rings is 1. The lowest BCUT2D eigenvalue weighted by Crippen LogP contribution is -2.03. The van der Waals surface area contributed by atoms with Crippen LogP contribution in [0.4, 0.5) is 0 Å². The molecule has 0 amide bonds. The molecule has 0 aliphatic heterocycles. The van der Waals surface area contributed by atoms with Gasteiger partial charge in [0.25, 0.3) is 0 Å². The number of allylic oxidation sites excluding steroid dienone is 2. The Bertz CT molecular complexity index is 505. The van der Waals surface area contributed by atoms with Crippen LogP contribution in [-0.2, 0) is 0 Å². The Hall–Kier alpha value is -1.50. The van der Waals surface area contributed by atoms with E-state index in [2.05, 4.69) is 38.3 Å². The fourth-order valence-electron chi connectivity index (χ4n) is 2.82. The zero-order chi connectivity index (χ0) is 14.8. The van der Waals surface area contributed by atoms with Gasteiger partial charge in [0, 0.05) is 11.1 Å². The first-order valence-corrected chi connectivity index (χ1v) is 8.36. The number of rotatable bonds is 8. The molecular formula is C20H26O. The second kappa shape index (κ2) is 6.09. The minimum Gasteiger partial charge on any atom is -0.492 e. The predicted molar refractivity (Wildman–Crippen MR) is 90.4 cm³/mol. The lowest BCUT2D eigenvalue weighted by Gasteiger charge is -2.18. The van der Waals surface area contributed by atoms with Gasteiger partial charge in [-0.15, -0.1) is 0 Å². The Morgan fingerprint density at radius 1 is 1.05 bits per heavy atom. The molecule has 0 heterocycles. The minimum absolute atomic E-state index is 0.669. The fraction of sp³-hybridized carbons (Fsp3) is 0.500. The number of hydrogen-bond acceptors (Lipinski definition) is 1. The number of para-hydroxylation sites is 1. The van der Waals surface area contributed by atoms with Crippen LogP contribution in [0, 0.1) is 11.8 Å². The zero-order valence-electron chi connectivity index (χ0n) is 13.2. The number of ether oxygens (including phenoxy) is 1. The largest absolute Gasteiger partial charge is 0.492 e. The van der Waals surface area contributed by atoms with Crippen molar-refractivity contribution in [2.24, 2.45) is 11.8 Å². The molecule has 112 valence electrons. The number of unbranched alkanes of at least 4 members (excludes halogenated alkanes) is 1. The second-order valence-corrected chi connectivity index (χ2v) is 6.48. The Morgan fingerprint density at radius 3 is 2.00 bits per heavy atom. The summed E-state index contributed by atoms with van der Waals surface area (Å²) in [6.45, 7) is 11.6. The molecule has 21 heavy (non-hydrogen) atoms. The molecule has 2 aliphatic carbocycles. The summed E-state index contributed by atoms with van der Waals surface area (Å²) in [4.78, 5) is 0. The van der Waals surface area contributed by atoms with Gasteiger partial charge in [0.1, 0.15) is 5.75 Å². The van der Waals surface area contributed by atoms with E-state index in [-0.39, 0.29) is 0 Å². The van der Waals surface area contributed by atoms with Crippen LogP contribution in [0.2, 0.25) is 0 Å². The van der Waals surface area contributed by atoms with E-state index in [1.54, 1.807) is 0 Å². The standard InChI is InChI=1S/C20H26O/c1-4-5-13-21-20-18(14(2)16-9-10-16)7-6-8-19(20)15(3)17-11-12-17/h6-8,16-17H,2-5,9-13H2,1H3. The summed E-state index contributed by atoms with van der Waals surface area (Å²) in [7, 11) is 0. The SMILES string of the molecule is C=C(c1cccc(C(=C)C2CC2)c1OCCCC)C1CC1. The van der Waals surface area contributed by atoms with Crippen molar-refractivity contribution >= 4 is 11.1 Å². The maximum Gasteiger partial charge on any atom is 0.134 e. The van der Waals surface area contributed by atoms with E-state index in [1.165, 1.54) is 48.0 Å². The van der Waals surface area contributed by atoms with Gasteiger partial charge < -0.3 is 4.74 Å². The average Bonchev–Trinajstić information content (AvgIpc) is 3.39. The van der Waals surface area contributed by atoms with Crippen LogP contribution in [0.1, 0.15) is 56.6 Å². The summed E-state index contributed by atoms with van der Waals surface area (Å²) in [5, 5.41) is 0. The lowest BCUT2D eigenvalue weighted by molar-refractivity contribution is 0.307. The van der Waals surface area contributed by atoms with Gasteiger partial charge >= 0.3 is 0 Å². The van der Waals surface area contributed by atoms with Gasteiger partial charge in [0.05, 0.1) is 6.61 Å². The summed E-state index contributed by atoms with van der Waals surface area (Å²) in [5.74, 6) is 2.38. The molecule has 1 aromatic rings. The van der Waals surface area contributed by atoms with Crippen molar-refractivity contribution in [3.05, 3.63) is 42.5 Å². The highest BCUT2D eigenvalue weighted by molar-refractivity contribution is 5.80. The van der Waals surface area contributed by atoms with Crippen LogP contribution in [0.3, 0.4) is 0 Å². The highest BCUT2D eigenvalue weighted by atomic mass is 16.5. The summed E-state index contributed by atoms with van der Waals surface area (Å²) in [5.41, 5.74) is 4.94. The van der Waals surface area contributed by atoms with E-state index in [0.29, 0.717) is 11.8 Å². The summed E-state index contributed by atoms with van der Waals surface area (Å²) in [6, 6.07) is 6.48. The topological polar surface area (TPSA) is 9.23 Å². The lowest BCUT2D eigenvalue weighted by atomic mass is 9.94. The molecule has 0 radical (unpaired) electrons. The van der Waals surface area contributed by atoms with Crippen LogP contribution in [0.15, 0.2) is 31.4 Å². The van der Waals surface area contributed by atoms with E-state index in [4.69, 9.17) is 4.74 Å². The second-order valence-electron chi connectivity index (χ2n) is 6.48. The van der Waals surface area contributed by atoms with Gasteiger partial charge in [-0.05, 0) is 55.1 Å². The third-order valence-corrected chi connectivity index (χ3v) is 4.59. The Kier molecular flexibility index (Phi) is 4.19. The molecule has 1 nitrogen and oxygen atoms in total. The average molecular weight is 282 g/mol. The molecule has 2 aliphatic rings.